The smallest absolute Gasteiger partial charge is 0.254 e. The van der Waals surface area contributed by atoms with Crippen LogP contribution in [0.2, 0.25) is 0 Å². The number of hydrogen-bond acceptors (Lipinski definition) is 4. The first-order valence-corrected chi connectivity index (χ1v) is 8.29. The second-order valence-electron chi connectivity index (χ2n) is 5.84. The van der Waals surface area contributed by atoms with Crippen molar-refractivity contribution in [1.82, 2.24) is 15.1 Å². The Labute approximate surface area is 133 Å². The van der Waals surface area contributed by atoms with Gasteiger partial charge in [0, 0.05) is 38.4 Å². The lowest BCUT2D eigenvalue weighted by Gasteiger charge is -2.28. The Morgan fingerprint density at radius 2 is 2.09 bits per heavy atom. The Kier molecular flexibility index (Phi) is 3.90. The fourth-order valence-electron chi connectivity index (χ4n) is 3.62. The van der Waals surface area contributed by atoms with E-state index in [4.69, 9.17) is 0 Å². The van der Waals surface area contributed by atoms with Gasteiger partial charge >= 0.3 is 0 Å². The largest absolute Gasteiger partial charge is 0.357 e. The van der Waals surface area contributed by atoms with Gasteiger partial charge in [-0.2, -0.15) is 11.3 Å². The number of amides is 3. The Bertz CT molecular complexity index is 601. The molecule has 2 aliphatic rings. The normalized spacial score (nSPS) is 26.9. The van der Waals surface area contributed by atoms with Crippen LogP contribution in [-0.2, 0) is 9.59 Å². The van der Waals surface area contributed by atoms with Crippen LogP contribution >= 0.6 is 11.3 Å². The van der Waals surface area contributed by atoms with Crippen molar-refractivity contribution in [1.29, 1.82) is 0 Å². The summed E-state index contributed by atoms with van der Waals surface area (Å²) in [7, 11) is 1.58. The highest BCUT2D eigenvalue weighted by Gasteiger charge is 2.50. The topological polar surface area (TPSA) is 69.7 Å². The van der Waals surface area contributed by atoms with Crippen LogP contribution in [0.5, 0.6) is 0 Å². The number of carbonyl (C=O) groups excluding carboxylic acids is 3. The Balaban J connectivity index is 1.76. The van der Waals surface area contributed by atoms with E-state index in [1.165, 1.54) is 18.3 Å². The van der Waals surface area contributed by atoms with Crippen molar-refractivity contribution in [2.45, 2.75) is 25.4 Å². The van der Waals surface area contributed by atoms with Crippen LogP contribution in [0.25, 0.3) is 0 Å². The molecule has 1 aromatic heterocycles. The molecule has 0 aromatic carbocycles. The Hall–Kier alpha value is -1.89. The molecule has 0 saturated carbocycles. The average molecular weight is 321 g/mol. The lowest BCUT2D eigenvalue weighted by molar-refractivity contribution is -0.138. The maximum atomic E-state index is 12.4. The molecule has 7 heteroatoms. The highest BCUT2D eigenvalue weighted by Crippen LogP contribution is 2.36. The summed E-state index contributed by atoms with van der Waals surface area (Å²) in [5, 5.41) is 6.35. The van der Waals surface area contributed by atoms with E-state index in [1.807, 2.05) is 16.8 Å². The maximum absolute atomic E-state index is 12.4. The lowest BCUT2D eigenvalue weighted by atomic mass is 10.0. The molecular formula is C15H19N3O3S. The third kappa shape index (κ3) is 2.39. The van der Waals surface area contributed by atoms with Crippen molar-refractivity contribution >= 4 is 29.1 Å². The van der Waals surface area contributed by atoms with E-state index in [9.17, 15) is 14.4 Å². The highest BCUT2D eigenvalue weighted by atomic mass is 32.1. The first-order valence-electron chi connectivity index (χ1n) is 7.35. The van der Waals surface area contributed by atoms with Gasteiger partial charge in [-0.25, -0.2) is 0 Å². The van der Waals surface area contributed by atoms with E-state index in [2.05, 4.69) is 5.32 Å². The van der Waals surface area contributed by atoms with Crippen LogP contribution in [0, 0.1) is 5.92 Å². The second kappa shape index (κ2) is 5.72. The van der Waals surface area contributed by atoms with Gasteiger partial charge < -0.3 is 15.1 Å². The third-order valence-corrected chi connectivity index (χ3v) is 5.28. The van der Waals surface area contributed by atoms with Gasteiger partial charge in [0.2, 0.25) is 11.8 Å². The van der Waals surface area contributed by atoms with Crippen molar-refractivity contribution in [2.24, 2.45) is 5.92 Å². The standard InChI is InChI=1S/C15H19N3O3S/c1-9(19)18-12(14(20)16-2)5-11-6-17(7-13(11)18)15(21)10-3-4-22-8-10/h3-4,8,11-13H,5-7H2,1-2H3,(H,16,20)/t11-,12-,13+/m0/s1. The molecule has 3 rings (SSSR count). The number of thiophene rings is 1. The number of likely N-dealkylation sites (N-methyl/N-ethyl adjacent to an activating group) is 1. The van der Waals surface area contributed by atoms with Gasteiger partial charge in [0.15, 0.2) is 0 Å². The number of rotatable bonds is 2. The molecule has 2 saturated heterocycles. The number of likely N-dealkylation sites (tertiary alicyclic amines) is 2. The molecule has 3 heterocycles. The van der Waals surface area contributed by atoms with Crippen molar-refractivity contribution in [3.05, 3.63) is 22.4 Å². The third-order valence-electron chi connectivity index (χ3n) is 4.59. The summed E-state index contributed by atoms with van der Waals surface area (Å²) < 4.78 is 0. The summed E-state index contributed by atoms with van der Waals surface area (Å²) >= 11 is 1.50. The fourth-order valence-corrected chi connectivity index (χ4v) is 4.25. The van der Waals surface area contributed by atoms with Gasteiger partial charge in [-0.1, -0.05) is 0 Å². The zero-order chi connectivity index (χ0) is 15.9. The summed E-state index contributed by atoms with van der Waals surface area (Å²) in [5.41, 5.74) is 0.696. The Morgan fingerprint density at radius 3 is 2.68 bits per heavy atom. The zero-order valence-corrected chi connectivity index (χ0v) is 13.4. The average Bonchev–Trinajstić information content (AvgIpc) is 3.19. The first kappa shape index (κ1) is 15.0. The second-order valence-corrected chi connectivity index (χ2v) is 6.62. The van der Waals surface area contributed by atoms with Crippen LogP contribution in [0.3, 0.4) is 0 Å². The fraction of sp³-hybridized carbons (Fsp3) is 0.533. The van der Waals surface area contributed by atoms with E-state index in [1.54, 1.807) is 16.8 Å². The number of fused-ring (bicyclic) bond motifs is 1. The van der Waals surface area contributed by atoms with Gasteiger partial charge in [-0.05, 0) is 17.9 Å². The molecule has 0 aliphatic carbocycles. The van der Waals surface area contributed by atoms with Crippen LogP contribution < -0.4 is 5.32 Å². The first-order chi connectivity index (χ1) is 10.5. The summed E-state index contributed by atoms with van der Waals surface area (Å²) in [6.07, 6.45) is 0.622. The number of hydrogen-bond donors (Lipinski definition) is 1. The van der Waals surface area contributed by atoms with Crippen LogP contribution in [0.4, 0.5) is 0 Å². The number of nitrogens with zero attached hydrogens (tertiary/aromatic N) is 2. The molecule has 3 atom stereocenters. The molecule has 22 heavy (non-hydrogen) atoms. The minimum Gasteiger partial charge on any atom is -0.357 e. The quantitative estimate of drug-likeness (QED) is 0.865. The van der Waals surface area contributed by atoms with E-state index in [0.29, 0.717) is 25.1 Å². The van der Waals surface area contributed by atoms with Gasteiger partial charge in [0.25, 0.3) is 5.91 Å². The molecule has 0 radical (unpaired) electrons. The van der Waals surface area contributed by atoms with Crippen molar-refractivity contribution in [3.63, 3.8) is 0 Å². The van der Waals surface area contributed by atoms with Gasteiger partial charge in [-0.3, -0.25) is 14.4 Å². The van der Waals surface area contributed by atoms with Gasteiger partial charge in [-0.15, -0.1) is 0 Å². The van der Waals surface area contributed by atoms with Crippen LogP contribution in [0.15, 0.2) is 16.8 Å². The molecular weight excluding hydrogens is 302 g/mol. The molecule has 0 unspecified atom stereocenters. The van der Waals surface area contributed by atoms with E-state index in [-0.39, 0.29) is 29.7 Å². The molecule has 118 valence electrons. The Morgan fingerprint density at radius 1 is 1.32 bits per heavy atom. The highest BCUT2D eigenvalue weighted by molar-refractivity contribution is 7.08. The van der Waals surface area contributed by atoms with Crippen molar-refractivity contribution < 1.29 is 14.4 Å². The molecule has 1 aromatic rings. The molecule has 1 N–H and O–H groups in total. The van der Waals surface area contributed by atoms with Crippen LogP contribution in [0.1, 0.15) is 23.7 Å². The molecule has 0 spiro atoms. The van der Waals surface area contributed by atoms with Gasteiger partial charge in [0.1, 0.15) is 6.04 Å². The summed E-state index contributed by atoms with van der Waals surface area (Å²) in [6.45, 7) is 2.60. The molecule has 0 bridgehead atoms. The molecule has 6 nitrogen and oxygen atoms in total. The van der Waals surface area contributed by atoms with E-state index in [0.717, 1.165) is 0 Å². The lowest BCUT2D eigenvalue weighted by Crippen LogP contribution is -2.49. The molecule has 2 aliphatic heterocycles. The van der Waals surface area contributed by atoms with E-state index >= 15 is 0 Å². The van der Waals surface area contributed by atoms with Crippen molar-refractivity contribution in [2.75, 3.05) is 20.1 Å². The molecule has 2 fully saturated rings. The van der Waals surface area contributed by atoms with Gasteiger partial charge in [0.05, 0.1) is 11.6 Å². The maximum Gasteiger partial charge on any atom is 0.254 e. The summed E-state index contributed by atoms with van der Waals surface area (Å²) in [5.74, 6) is -0.0457. The predicted molar refractivity (Wildman–Crippen MR) is 82.5 cm³/mol. The van der Waals surface area contributed by atoms with Crippen LogP contribution in [-0.4, -0.2) is 59.7 Å². The minimum absolute atomic E-state index is 0.00986. The summed E-state index contributed by atoms with van der Waals surface area (Å²) in [4.78, 5) is 39.8. The molecule has 3 amide bonds. The summed E-state index contributed by atoms with van der Waals surface area (Å²) in [6, 6.07) is 1.36. The number of carbonyl (C=O) groups is 3. The zero-order valence-electron chi connectivity index (χ0n) is 12.6. The monoisotopic (exact) mass is 321 g/mol. The SMILES string of the molecule is CNC(=O)[C@@H]1C[C@H]2CN(C(=O)c3ccsc3)C[C@H]2N1C(C)=O. The number of nitrogens with one attached hydrogen (secondary N) is 1. The predicted octanol–water partition coefficient (Wildman–Crippen LogP) is 0.555. The minimum atomic E-state index is -0.407. The van der Waals surface area contributed by atoms with E-state index < -0.39 is 6.04 Å². The van der Waals surface area contributed by atoms with Crippen molar-refractivity contribution in [3.8, 4) is 0 Å².